The fraction of sp³-hybridized carbons (Fsp3) is 0.167. The monoisotopic (exact) mass is 259 g/mol. The Morgan fingerprint density at radius 3 is 2.58 bits per heavy atom. The van der Waals surface area contributed by atoms with Crippen LogP contribution < -0.4 is 0 Å². The summed E-state index contributed by atoms with van der Waals surface area (Å²) in [5.41, 5.74) is -0.681. The van der Waals surface area contributed by atoms with E-state index in [1.165, 1.54) is 0 Å². The van der Waals surface area contributed by atoms with Gasteiger partial charge in [0.1, 0.15) is 5.69 Å². The van der Waals surface area contributed by atoms with Gasteiger partial charge in [-0.05, 0) is 15.9 Å². The molecule has 0 saturated heterocycles. The third kappa shape index (κ3) is 1.90. The van der Waals surface area contributed by atoms with Gasteiger partial charge in [0.05, 0.1) is 9.50 Å². The molecule has 0 radical (unpaired) electrons. The quantitative estimate of drug-likeness (QED) is 0.703. The molecule has 1 nitrogen and oxygen atoms in total. The molecule has 0 atom stereocenters. The van der Waals surface area contributed by atoms with Gasteiger partial charge in [-0.25, -0.2) is 13.8 Å². The zero-order valence-electron chi connectivity index (χ0n) is 5.49. The van der Waals surface area contributed by atoms with Crippen molar-refractivity contribution in [3.63, 3.8) is 0 Å². The maximum absolute atomic E-state index is 12.4. The van der Waals surface area contributed by atoms with Crippen molar-refractivity contribution in [3.8, 4) is 0 Å². The van der Waals surface area contributed by atoms with Crippen LogP contribution in [0.5, 0.6) is 0 Å². The molecule has 0 aromatic carbocycles. The van der Waals surface area contributed by atoms with Crippen LogP contribution in [0.25, 0.3) is 0 Å². The molecule has 0 fully saturated rings. The van der Waals surface area contributed by atoms with Crippen molar-refractivity contribution in [3.05, 3.63) is 27.2 Å². The molecule has 6 heteroatoms. The molecule has 0 amide bonds. The number of alkyl halides is 2. The second-order valence-corrected chi connectivity index (χ2v) is 3.13. The summed E-state index contributed by atoms with van der Waals surface area (Å²) >= 11 is 8.18. The van der Waals surface area contributed by atoms with Crippen LogP contribution in [0.1, 0.15) is 12.1 Å². The molecule has 1 heterocycles. The molecule has 1 aromatic rings. The van der Waals surface area contributed by atoms with Crippen molar-refractivity contribution in [2.75, 3.05) is 0 Å². The summed E-state index contributed by atoms with van der Waals surface area (Å²) in [6.07, 6.45) is -2.84. The molecule has 66 valence electrons. The molecule has 0 N–H and O–H groups in total. The van der Waals surface area contributed by atoms with Gasteiger partial charge in [0.25, 0.3) is 6.43 Å². The van der Waals surface area contributed by atoms with Crippen LogP contribution in [0.2, 0.25) is 5.02 Å². The molecule has 0 aliphatic heterocycles. The van der Waals surface area contributed by atoms with E-state index < -0.39 is 18.1 Å². The van der Waals surface area contributed by atoms with Crippen LogP contribution in [0.15, 0.2) is 10.5 Å². The van der Waals surface area contributed by atoms with Gasteiger partial charge in [0, 0.05) is 6.07 Å². The van der Waals surface area contributed by atoms with E-state index in [1.807, 2.05) is 0 Å². The lowest BCUT2D eigenvalue weighted by molar-refractivity contribution is 0.144. The number of rotatable bonds is 1. The van der Waals surface area contributed by atoms with Gasteiger partial charge >= 0.3 is 0 Å². The molecule has 0 saturated carbocycles. The van der Waals surface area contributed by atoms with Gasteiger partial charge < -0.3 is 0 Å². The molecule has 0 unspecified atom stereocenters. The number of aromatic nitrogens is 1. The first-order valence-corrected chi connectivity index (χ1v) is 3.99. The summed E-state index contributed by atoms with van der Waals surface area (Å²) in [7, 11) is 0. The van der Waals surface area contributed by atoms with E-state index in [2.05, 4.69) is 20.9 Å². The van der Waals surface area contributed by atoms with E-state index in [0.717, 1.165) is 6.07 Å². The van der Waals surface area contributed by atoms with Crippen LogP contribution in [0.4, 0.5) is 13.2 Å². The zero-order chi connectivity index (χ0) is 9.30. The Bertz CT molecular complexity index is 305. The lowest BCUT2D eigenvalue weighted by Gasteiger charge is -2.03. The SMILES string of the molecule is Fc1cc(Cl)c(Br)c(C(F)F)n1. The Morgan fingerprint density at radius 2 is 2.08 bits per heavy atom. The number of hydrogen-bond donors (Lipinski definition) is 0. The standard InChI is InChI=1S/C6H2BrClF3N/c7-4-2(8)1-3(9)12-5(4)6(10)11/h1,6H. The van der Waals surface area contributed by atoms with Crippen molar-refractivity contribution < 1.29 is 13.2 Å². The highest BCUT2D eigenvalue weighted by Crippen LogP contribution is 2.31. The largest absolute Gasteiger partial charge is 0.281 e. The smallest absolute Gasteiger partial charge is 0.217 e. The van der Waals surface area contributed by atoms with Gasteiger partial charge in [-0.15, -0.1) is 0 Å². The molecule has 0 aliphatic carbocycles. The zero-order valence-corrected chi connectivity index (χ0v) is 7.83. The van der Waals surface area contributed by atoms with E-state index >= 15 is 0 Å². The van der Waals surface area contributed by atoms with Crippen LogP contribution >= 0.6 is 27.5 Å². The lowest BCUT2D eigenvalue weighted by atomic mass is 10.3. The summed E-state index contributed by atoms with van der Waals surface area (Å²) in [6.45, 7) is 0. The highest BCUT2D eigenvalue weighted by Gasteiger charge is 2.17. The summed E-state index contributed by atoms with van der Waals surface area (Å²) in [5, 5.41) is -0.113. The first-order chi connectivity index (χ1) is 5.52. The van der Waals surface area contributed by atoms with E-state index in [1.54, 1.807) is 0 Å². The van der Waals surface area contributed by atoms with Crippen LogP contribution in [0, 0.1) is 5.95 Å². The Kier molecular flexibility index (Phi) is 2.95. The fourth-order valence-electron chi connectivity index (χ4n) is 0.631. The Balaban J connectivity index is 3.28. The van der Waals surface area contributed by atoms with Gasteiger partial charge in [-0.3, -0.25) is 0 Å². The van der Waals surface area contributed by atoms with Crippen molar-refractivity contribution in [1.82, 2.24) is 4.98 Å². The molecule has 1 aromatic heterocycles. The van der Waals surface area contributed by atoms with E-state index in [-0.39, 0.29) is 9.50 Å². The summed E-state index contributed by atoms with van der Waals surface area (Å²) < 4.78 is 36.5. The first kappa shape index (κ1) is 9.80. The first-order valence-electron chi connectivity index (χ1n) is 2.82. The summed E-state index contributed by atoms with van der Waals surface area (Å²) in [4.78, 5) is 2.99. The molecule has 12 heavy (non-hydrogen) atoms. The molecule has 0 aliphatic rings. The Labute approximate surface area is 79.7 Å². The normalized spacial score (nSPS) is 10.8. The molecular formula is C6H2BrClF3N. The van der Waals surface area contributed by atoms with Gasteiger partial charge in [0.15, 0.2) is 0 Å². The predicted molar refractivity (Wildman–Crippen MR) is 41.9 cm³/mol. The van der Waals surface area contributed by atoms with E-state index in [4.69, 9.17) is 11.6 Å². The highest BCUT2D eigenvalue weighted by molar-refractivity contribution is 9.10. The van der Waals surface area contributed by atoms with E-state index in [9.17, 15) is 13.2 Å². The minimum absolute atomic E-state index is 0.0689. The highest BCUT2D eigenvalue weighted by atomic mass is 79.9. The number of hydrogen-bond acceptors (Lipinski definition) is 1. The molecular weight excluding hydrogens is 258 g/mol. The maximum atomic E-state index is 12.4. The minimum atomic E-state index is -2.84. The van der Waals surface area contributed by atoms with Gasteiger partial charge in [0.2, 0.25) is 5.95 Å². The predicted octanol–water partition coefficient (Wildman–Crippen LogP) is 3.57. The maximum Gasteiger partial charge on any atom is 0.281 e. The van der Waals surface area contributed by atoms with Crippen molar-refractivity contribution in [2.24, 2.45) is 0 Å². The lowest BCUT2D eigenvalue weighted by Crippen LogP contribution is -1.95. The number of pyridine rings is 1. The molecule has 1 rings (SSSR count). The fourth-order valence-corrected chi connectivity index (χ4v) is 1.19. The summed E-state index contributed by atoms with van der Waals surface area (Å²) in [6, 6.07) is 0.859. The average molecular weight is 260 g/mol. The topological polar surface area (TPSA) is 12.9 Å². The van der Waals surface area contributed by atoms with Crippen molar-refractivity contribution in [2.45, 2.75) is 6.43 Å². The third-order valence-electron chi connectivity index (χ3n) is 1.11. The molecule has 0 bridgehead atoms. The van der Waals surface area contributed by atoms with E-state index in [0.29, 0.717) is 0 Å². The van der Waals surface area contributed by atoms with Gasteiger partial charge in [-0.1, -0.05) is 11.6 Å². The second-order valence-electron chi connectivity index (χ2n) is 1.93. The molecule has 0 spiro atoms. The van der Waals surface area contributed by atoms with Crippen molar-refractivity contribution in [1.29, 1.82) is 0 Å². The number of nitrogens with zero attached hydrogens (tertiary/aromatic N) is 1. The Morgan fingerprint density at radius 1 is 1.50 bits per heavy atom. The van der Waals surface area contributed by atoms with Gasteiger partial charge in [-0.2, -0.15) is 4.39 Å². The second kappa shape index (κ2) is 3.62. The van der Waals surface area contributed by atoms with Crippen LogP contribution in [-0.4, -0.2) is 4.98 Å². The van der Waals surface area contributed by atoms with Crippen LogP contribution in [-0.2, 0) is 0 Å². The summed E-state index contributed by atoms with van der Waals surface area (Å²) in [5.74, 6) is -1.02. The van der Waals surface area contributed by atoms with Crippen molar-refractivity contribution >= 4 is 27.5 Å². The third-order valence-corrected chi connectivity index (χ3v) is 2.47. The average Bonchev–Trinajstić information content (AvgIpc) is 1.96. The Hall–Kier alpha value is -0.290. The van der Waals surface area contributed by atoms with Crippen LogP contribution in [0.3, 0.4) is 0 Å². The number of halogens is 5. The minimum Gasteiger partial charge on any atom is -0.217 e.